The molecule has 0 fully saturated rings. The van der Waals surface area contributed by atoms with E-state index in [0.717, 1.165) is 5.69 Å². The molecule has 0 saturated heterocycles. The van der Waals surface area contributed by atoms with E-state index < -0.39 is 5.97 Å². The SMILES string of the molecule is CCOC(=O)CNC(=O)N(C)Cc1ccccn1. The van der Waals surface area contributed by atoms with Gasteiger partial charge >= 0.3 is 12.0 Å². The summed E-state index contributed by atoms with van der Waals surface area (Å²) >= 11 is 0. The predicted molar refractivity (Wildman–Crippen MR) is 65.7 cm³/mol. The van der Waals surface area contributed by atoms with Gasteiger partial charge in [0.25, 0.3) is 0 Å². The summed E-state index contributed by atoms with van der Waals surface area (Å²) in [5.74, 6) is -0.447. The molecule has 6 nitrogen and oxygen atoms in total. The van der Waals surface area contributed by atoms with Gasteiger partial charge in [0.15, 0.2) is 0 Å². The van der Waals surface area contributed by atoms with Gasteiger partial charge in [0.05, 0.1) is 18.8 Å². The van der Waals surface area contributed by atoms with Crippen molar-refractivity contribution in [3.8, 4) is 0 Å². The van der Waals surface area contributed by atoms with Crippen LogP contribution in [0.15, 0.2) is 24.4 Å². The van der Waals surface area contributed by atoms with E-state index in [0.29, 0.717) is 13.2 Å². The van der Waals surface area contributed by atoms with Crippen LogP contribution < -0.4 is 5.32 Å². The molecule has 0 bridgehead atoms. The lowest BCUT2D eigenvalue weighted by atomic mass is 10.3. The van der Waals surface area contributed by atoms with Crippen molar-refractivity contribution in [2.24, 2.45) is 0 Å². The average molecular weight is 251 g/mol. The Morgan fingerprint density at radius 3 is 2.83 bits per heavy atom. The molecule has 0 radical (unpaired) electrons. The molecule has 0 atom stereocenters. The molecule has 18 heavy (non-hydrogen) atoms. The third-order valence-electron chi connectivity index (χ3n) is 2.16. The number of amides is 2. The molecule has 1 N–H and O–H groups in total. The maximum atomic E-state index is 11.6. The smallest absolute Gasteiger partial charge is 0.325 e. The van der Waals surface area contributed by atoms with Crippen molar-refractivity contribution < 1.29 is 14.3 Å². The summed E-state index contributed by atoms with van der Waals surface area (Å²) in [6, 6.07) is 5.15. The Hall–Kier alpha value is -2.11. The molecule has 0 aromatic carbocycles. The number of urea groups is 1. The largest absolute Gasteiger partial charge is 0.465 e. The van der Waals surface area contributed by atoms with Crippen molar-refractivity contribution in [3.05, 3.63) is 30.1 Å². The highest BCUT2D eigenvalue weighted by Gasteiger charge is 2.11. The Balaban J connectivity index is 2.35. The summed E-state index contributed by atoms with van der Waals surface area (Å²) in [4.78, 5) is 28.3. The van der Waals surface area contributed by atoms with Gasteiger partial charge in [-0.2, -0.15) is 0 Å². The number of pyridine rings is 1. The van der Waals surface area contributed by atoms with E-state index in [1.807, 2.05) is 18.2 Å². The van der Waals surface area contributed by atoms with Crippen LogP contribution in [0.2, 0.25) is 0 Å². The van der Waals surface area contributed by atoms with Crippen molar-refractivity contribution in [2.75, 3.05) is 20.2 Å². The fourth-order valence-electron chi connectivity index (χ4n) is 1.30. The highest BCUT2D eigenvalue weighted by Crippen LogP contribution is 1.98. The van der Waals surface area contributed by atoms with Crippen molar-refractivity contribution >= 4 is 12.0 Å². The lowest BCUT2D eigenvalue weighted by Crippen LogP contribution is -2.40. The molecule has 0 aliphatic heterocycles. The van der Waals surface area contributed by atoms with Crippen LogP contribution in [0, 0.1) is 0 Å². The molecule has 1 heterocycles. The molecule has 1 aromatic heterocycles. The predicted octanol–water partition coefficient (Wildman–Crippen LogP) is 0.786. The standard InChI is InChI=1S/C12H17N3O3/c1-3-18-11(16)8-14-12(17)15(2)9-10-6-4-5-7-13-10/h4-7H,3,8-9H2,1-2H3,(H,14,17). The van der Waals surface area contributed by atoms with Gasteiger partial charge < -0.3 is 15.0 Å². The minimum absolute atomic E-state index is 0.126. The first-order chi connectivity index (χ1) is 8.63. The Bertz CT molecular complexity index is 395. The van der Waals surface area contributed by atoms with Crippen LogP contribution in [0.25, 0.3) is 0 Å². The first-order valence-electron chi connectivity index (χ1n) is 5.68. The second-order valence-corrected chi connectivity index (χ2v) is 3.64. The van der Waals surface area contributed by atoms with Crippen LogP contribution in [0.3, 0.4) is 0 Å². The fraction of sp³-hybridized carbons (Fsp3) is 0.417. The molecule has 0 spiro atoms. The molecule has 0 aliphatic carbocycles. The molecule has 0 aliphatic rings. The van der Waals surface area contributed by atoms with E-state index in [2.05, 4.69) is 10.3 Å². The Kier molecular flexibility index (Phi) is 5.63. The maximum absolute atomic E-state index is 11.6. The fourth-order valence-corrected chi connectivity index (χ4v) is 1.30. The minimum Gasteiger partial charge on any atom is -0.465 e. The van der Waals surface area contributed by atoms with Crippen molar-refractivity contribution in [2.45, 2.75) is 13.5 Å². The molecule has 0 saturated carbocycles. The molecular formula is C12H17N3O3. The number of carbonyl (C=O) groups excluding carboxylic acids is 2. The van der Waals surface area contributed by atoms with E-state index in [1.54, 1.807) is 20.2 Å². The molecule has 2 amide bonds. The number of carbonyl (C=O) groups is 2. The maximum Gasteiger partial charge on any atom is 0.325 e. The summed E-state index contributed by atoms with van der Waals surface area (Å²) in [5, 5.41) is 2.47. The summed E-state index contributed by atoms with van der Waals surface area (Å²) in [6.45, 7) is 2.28. The van der Waals surface area contributed by atoms with E-state index in [9.17, 15) is 9.59 Å². The van der Waals surface area contributed by atoms with Gasteiger partial charge in [-0.05, 0) is 19.1 Å². The van der Waals surface area contributed by atoms with Gasteiger partial charge in [-0.1, -0.05) is 6.07 Å². The number of rotatable bonds is 5. The number of hydrogen-bond acceptors (Lipinski definition) is 4. The van der Waals surface area contributed by atoms with Crippen LogP contribution in [0.4, 0.5) is 4.79 Å². The molecule has 1 aromatic rings. The first-order valence-corrected chi connectivity index (χ1v) is 5.68. The number of nitrogens with one attached hydrogen (secondary N) is 1. The van der Waals surface area contributed by atoms with Gasteiger partial charge in [-0.15, -0.1) is 0 Å². The van der Waals surface area contributed by atoms with Gasteiger partial charge in [-0.3, -0.25) is 9.78 Å². The van der Waals surface area contributed by atoms with E-state index in [1.165, 1.54) is 4.90 Å². The number of ether oxygens (including phenoxy) is 1. The highest BCUT2D eigenvalue weighted by atomic mass is 16.5. The van der Waals surface area contributed by atoms with Crippen LogP contribution in [0.1, 0.15) is 12.6 Å². The average Bonchev–Trinajstić information content (AvgIpc) is 2.37. The summed E-state index contributed by atoms with van der Waals surface area (Å²) in [7, 11) is 1.63. The highest BCUT2D eigenvalue weighted by molar-refractivity contribution is 5.80. The number of hydrogen-bond donors (Lipinski definition) is 1. The van der Waals surface area contributed by atoms with Gasteiger partial charge in [0.1, 0.15) is 6.54 Å². The van der Waals surface area contributed by atoms with Crippen LogP contribution in [-0.4, -0.2) is 42.1 Å². The summed E-state index contributed by atoms with van der Waals surface area (Å²) in [5.41, 5.74) is 0.784. The van der Waals surface area contributed by atoms with Crippen molar-refractivity contribution in [3.63, 3.8) is 0 Å². The molecule has 0 unspecified atom stereocenters. The number of aromatic nitrogens is 1. The van der Waals surface area contributed by atoms with Crippen molar-refractivity contribution in [1.82, 2.24) is 15.2 Å². The normalized spacial score (nSPS) is 9.67. The third kappa shape index (κ3) is 4.82. The van der Waals surface area contributed by atoms with Gasteiger partial charge in [0.2, 0.25) is 0 Å². The molecule has 1 rings (SSSR count). The topological polar surface area (TPSA) is 71.5 Å². The third-order valence-corrected chi connectivity index (χ3v) is 2.16. The Labute approximate surface area is 106 Å². The van der Waals surface area contributed by atoms with Crippen LogP contribution >= 0.6 is 0 Å². The van der Waals surface area contributed by atoms with E-state index in [4.69, 9.17) is 4.74 Å². The number of esters is 1. The Morgan fingerprint density at radius 2 is 2.22 bits per heavy atom. The van der Waals surface area contributed by atoms with Crippen molar-refractivity contribution in [1.29, 1.82) is 0 Å². The Morgan fingerprint density at radius 1 is 1.44 bits per heavy atom. The van der Waals surface area contributed by atoms with E-state index in [-0.39, 0.29) is 12.6 Å². The second kappa shape index (κ2) is 7.26. The molecular weight excluding hydrogens is 234 g/mol. The quantitative estimate of drug-likeness (QED) is 0.785. The lowest BCUT2D eigenvalue weighted by molar-refractivity contribution is -0.141. The number of nitrogens with zero attached hydrogens (tertiary/aromatic N) is 2. The molecule has 6 heteroatoms. The lowest BCUT2D eigenvalue weighted by Gasteiger charge is -2.17. The van der Waals surface area contributed by atoms with Crippen LogP contribution in [-0.2, 0) is 16.1 Å². The van der Waals surface area contributed by atoms with E-state index >= 15 is 0 Å². The van der Waals surface area contributed by atoms with Gasteiger partial charge in [0, 0.05) is 13.2 Å². The monoisotopic (exact) mass is 251 g/mol. The zero-order valence-corrected chi connectivity index (χ0v) is 10.5. The zero-order valence-electron chi connectivity index (χ0n) is 10.5. The minimum atomic E-state index is -0.447. The van der Waals surface area contributed by atoms with Crippen LogP contribution in [0.5, 0.6) is 0 Å². The summed E-state index contributed by atoms with van der Waals surface area (Å²) < 4.78 is 4.71. The second-order valence-electron chi connectivity index (χ2n) is 3.64. The summed E-state index contributed by atoms with van der Waals surface area (Å²) in [6.07, 6.45) is 1.67. The van der Waals surface area contributed by atoms with Gasteiger partial charge in [-0.25, -0.2) is 4.79 Å². The molecule has 98 valence electrons. The zero-order chi connectivity index (χ0) is 13.4. The first kappa shape index (κ1) is 14.0.